The lowest BCUT2D eigenvalue weighted by Gasteiger charge is -2.22. The average molecular weight is 701 g/mol. The second-order valence-electron chi connectivity index (χ2n) is 15.4. The third kappa shape index (κ3) is 4.95. The molecule has 1 aliphatic rings. The summed E-state index contributed by atoms with van der Waals surface area (Å²) in [7, 11) is 0. The van der Waals surface area contributed by atoms with Gasteiger partial charge in [0.2, 0.25) is 0 Å². The molecule has 0 atom stereocenters. The summed E-state index contributed by atoms with van der Waals surface area (Å²) in [6, 6.07) is 66.0. The summed E-state index contributed by atoms with van der Waals surface area (Å²) in [5.74, 6) is 0.716. The summed E-state index contributed by atoms with van der Waals surface area (Å²) >= 11 is 0. The number of nitrogens with zero attached hydrogens (tertiary/aromatic N) is 2. The lowest BCUT2D eigenvalue weighted by molar-refractivity contribution is 0.661. The van der Waals surface area contributed by atoms with Crippen molar-refractivity contribution in [3.63, 3.8) is 0 Å². The highest BCUT2D eigenvalue weighted by Crippen LogP contribution is 2.51. The molecular weight excluding hydrogens is 665 g/mol. The van der Waals surface area contributed by atoms with Crippen molar-refractivity contribution in [2.75, 3.05) is 0 Å². The molecule has 0 saturated carbocycles. The van der Waals surface area contributed by atoms with E-state index < -0.39 is 0 Å². The lowest BCUT2D eigenvalue weighted by atomic mass is 9.81. The van der Waals surface area contributed by atoms with Gasteiger partial charge in [0, 0.05) is 22.1 Å². The molecule has 0 aliphatic heterocycles. The molecule has 0 fully saturated rings. The summed E-state index contributed by atoms with van der Waals surface area (Å²) in [4.78, 5) is 10.8. The molecule has 0 saturated heterocycles. The van der Waals surface area contributed by atoms with E-state index in [1.807, 2.05) is 0 Å². The maximum absolute atomic E-state index is 5.38. The van der Waals surface area contributed by atoms with Crippen molar-refractivity contribution >= 4 is 43.1 Å². The molecule has 0 N–H and O–H groups in total. The Morgan fingerprint density at radius 3 is 1.44 bits per heavy atom. The molecular formula is C53H36N2. The van der Waals surface area contributed by atoms with E-state index >= 15 is 0 Å². The highest BCUT2D eigenvalue weighted by molar-refractivity contribution is 6.06. The fourth-order valence-electron chi connectivity index (χ4n) is 9.08. The van der Waals surface area contributed by atoms with Crippen LogP contribution in [0.3, 0.4) is 0 Å². The van der Waals surface area contributed by atoms with Gasteiger partial charge in [-0.1, -0.05) is 166 Å². The number of benzene rings is 9. The van der Waals surface area contributed by atoms with Crippen LogP contribution in [0.25, 0.3) is 99.2 Å². The predicted molar refractivity (Wildman–Crippen MR) is 231 cm³/mol. The normalized spacial score (nSPS) is 13.1. The van der Waals surface area contributed by atoms with Gasteiger partial charge in [-0.25, -0.2) is 9.97 Å². The Morgan fingerprint density at radius 1 is 0.327 bits per heavy atom. The van der Waals surface area contributed by atoms with Crippen molar-refractivity contribution in [2.45, 2.75) is 19.3 Å². The first-order valence-corrected chi connectivity index (χ1v) is 19.1. The minimum Gasteiger partial charge on any atom is -0.228 e. The van der Waals surface area contributed by atoms with Gasteiger partial charge < -0.3 is 0 Å². The van der Waals surface area contributed by atoms with Crippen molar-refractivity contribution < 1.29 is 0 Å². The van der Waals surface area contributed by atoms with E-state index in [0.29, 0.717) is 5.82 Å². The fourth-order valence-corrected chi connectivity index (χ4v) is 9.08. The Balaban J connectivity index is 1.10. The molecule has 1 heterocycles. The van der Waals surface area contributed by atoms with Gasteiger partial charge in [0.05, 0.1) is 11.4 Å². The summed E-state index contributed by atoms with van der Waals surface area (Å²) in [5.41, 5.74) is 12.8. The van der Waals surface area contributed by atoms with Crippen LogP contribution in [0.15, 0.2) is 182 Å². The van der Waals surface area contributed by atoms with E-state index in [2.05, 4.69) is 196 Å². The largest absolute Gasteiger partial charge is 0.228 e. The number of aromatic nitrogens is 2. The highest BCUT2D eigenvalue weighted by atomic mass is 14.9. The van der Waals surface area contributed by atoms with Crippen LogP contribution < -0.4 is 0 Å². The molecule has 2 nitrogen and oxygen atoms in total. The number of fused-ring (bicyclic) bond motifs is 7. The fraction of sp³-hybridized carbons (Fsp3) is 0.0566. The van der Waals surface area contributed by atoms with Gasteiger partial charge in [-0.3, -0.25) is 0 Å². The van der Waals surface area contributed by atoms with E-state index in [0.717, 1.165) is 33.5 Å². The summed E-state index contributed by atoms with van der Waals surface area (Å²) in [6.45, 7) is 4.73. The Bertz CT molecular complexity index is 3080. The Morgan fingerprint density at radius 2 is 0.800 bits per heavy atom. The molecule has 2 heteroatoms. The zero-order valence-corrected chi connectivity index (χ0v) is 30.7. The van der Waals surface area contributed by atoms with Crippen molar-refractivity contribution in [3.8, 4) is 56.2 Å². The zero-order valence-electron chi connectivity index (χ0n) is 30.7. The molecule has 11 rings (SSSR count). The van der Waals surface area contributed by atoms with Crippen LogP contribution >= 0.6 is 0 Å². The quantitative estimate of drug-likeness (QED) is 0.183. The molecule has 0 unspecified atom stereocenters. The first-order valence-electron chi connectivity index (χ1n) is 19.1. The molecule has 1 aromatic heterocycles. The topological polar surface area (TPSA) is 25.8 Å². The van der Waals surface area contributed by atoms with Crippen molar-refractivity contribution in [1.29, 1.82) is 0 Å². The zero-order chi connectivity index (χ0) is 36.7. The third-order valence-electron chi connectivity index (χ3n) is 11.9. The minimum atomic E-state index is -0.117. The van der Waals surface area contributed by atoms with E-state index in [1.54, 1.807) is 0 Å². The number of hydrogen-bond acceptors (Lipinski definition) is 2. The second-order valence-corrected chi connectivity index (χ2v) is 15.4. The molecule has 10 aromatic rings. The van der Waals surface area contributed by atoms with Crippen LogP contribution in [0.4, 0.5) is 0 Å². The van der Waals surface area contributed by atoms with E-state index in [4.69, 9.17) is 9.97 Å². The molecule has 1 aliphatic carbocycles. The monoisotopic (exact) mass is 700 g/mol. The molecule has 0 spiro atoms. The molecule has 258 valence electrons. The minimum absolute atomic E-state index is 0.117. The van der Waals surface area contributed by atoms with Crippen LogP contribution in [-0.4, -0.2) is 9.97 Å². The Kier molecular flexibility index (Phi) is 6.93. The van der Waals surface area contributed by atoms with E-state index in [-0.39, 0.29) is 5.41 Å². The lowest BCUT2D eigenvalue weighted by Crippen LogP contribution is -2.15. The van der Waals surface area contributed by atoms with Crippen molar-refractivity contribution in [3.05, 3.63) is 193 Å². The first-order chi connectivity index (χ1) is 27.0. The van der Waals surface area contributed by atoms with E-state index in [9.17, 15) is 0 Å². The highest BCUT2D eigenvalue weighted by Gasteiger charge is 2.36. The molecule has 0 bridgehead atoms. The van der Waals surface area contributed by atoms with Crippen LogP contribution in [-0.2, 0) is 5.41 Å². The van der Waals surface area contributed by atoms with Gasteiger partial charge in [-0.05, 0) is 107 Å². The molecule has 0 amide bonds. The van der Waals surface area contributed by atoms with Gasteiger partial charge in [0.15, 0.2) is 5.82 Å². The molecule has 0 radical (unpaired) electrons. The Hall–Kier alpha value is -6.90. The standard InChI is InChI=1S/C53H36N2/c1-53(2)48-31-37(25-26-43(48)47-29-35-15-3-4-16-36(35)30-49(47)53)40-27-28-46(42-22-10-9-21-41(40)42)52-54-50(44-23-11-17-33-13-5-7-19-38(33)44)32-51(55-52)45-24-12-18-34-14-6-8-20-39(34)45/h3-32H,1-2H3. The smallest absolute Gasteiger partial charge is 0.161 e. The second kappa shape index (κ2) is 12.1. The number of hydrogen-bond donors (Lipinski definition) is 0. The van der Waals surface area contributed by atoms with Crippen molar-refractivity contribution in [2.24, 2.45) is 0 Å². The summed E-state index contributed by atoms with van der Waals surface area (Å²) in [5, 5.41) is 9.62. The number of rotatable bonds is 4. The van der Waals surface area contributed by atoms with Gasteiger partial charge >= 0.3 is 0 Å². The average Bonchev–Trinajstić information content (AvgIpc) is 3.46. The van der Waals surface area contributed by atoms with E-state index in [1.165, 1.54) is 71.1 Å². The SMILES string of the molecule is CC1(C)c2cc(-c3ccc(-c4nc(-c5cccc6ccccc56)cc(-c5cccc6ccccc56)n4)c4ccccc34)ccc2-c2cc3ccccc3cc21. The van der Waals surface area contributed by atoms with Gasteiger partial charge in [0.1, 0.15) is 0 Å². The van der Waals surface area contributed by atoms with Gasteiger partial charge in [-0.15, -0.1) is 0 Å². The van der Waals surface area contributed by atoms with Crippen LogP contribution in [0.2, 0.25) is 0 Å². The summed E-state index contributed by atoms with van der Waals surface area (Å²) < 4.78 is 0. The predicted octanol–water partition coefficient (Wildman–Crippen LogP) is 14.1. The first kappa shape index (κ1) is 31.6. The van der Waals surface area contributed by atoms with Crippen LogP contribution in [0, 0.1) is 0 Å². The van der Waals surface area contributed by atoms with Crippen LogP contribution in [0.1, 0.15) is 25.0 Å². The molecule has 9 aromatic carbocycles. The molecule has 55 heavy (non-hydrogen) atoms. The van der Waals surface area contributed by atoms with Gasteiger partial charge in [-0.2, -0.15) is 0 Å². The van der Waals surface area contributed by atoms with Gasteiger partial charge in [0.25, 0.3) is 0 Å². The third-order valence-corrected chi connectivity index (χ3v) is 11.9. The summed E-state index contributed by atoms with van der Waals surface area (Å²) in [6.07, 6.45) is 0. The maximum Gasteiger partial charge on any atom is 0.161 e. The van der Waals surface area contributed by atoms with Crippen LogP contribution in [0.5, 0.6) is 0 Å². The Labute approximate surface area is 320 Å². The van der Waals surface area contributed by atoms with Crippen molar-refractivity contribution in [1.82, 2.24) is 9.97 Å². The maximum atomic E-state index is 5.38.